The van der Waals surface area contributed by atoms with E-state index in [1.54, 1.807) is 11.4 Å². The molecule has 1 aromatic carbocycles. The molecule has 0 aliphatic carbocycles. The number of carbonyl (C=O) groups excluding carboxylic acids is 1. The van der Waals surface area contributed by atoms with Crippen molar-refractivity contribution in [3.8, 4) is 0 Å². The first kappa shape index (κ1) is 24.2. The minimum Gasteiger partial charge on any atom is -0.463 e. The largest absolute Gasteiger partial charge is 0.463 e. The molecule has 0 bridgehead atoms. The van der Waals surface area contributed by atoms with Gasteiger partial charge in [0.25, 0.3) is 5.56 Å². The van der Waals surface area contributed by atoms with Gasteiger partial charge in [0.2, 0.25) is 0 Å². The number of nitrogens with zero attached hydrogens (tertiary/aromatic N) is 2. The lowest BCUT2D eigenvalue weighted by Crippen LogP contribution is -2.41. The van der Waals surface area contributed by atoms with Gasteiger partial charge < -0.3 is 4.74 Å². The van der Waals surface area contributed by atoms with Crippen molar-refractivity contribution in [3.05, 3.63) is 71.7 Å². The highest BCUT2D eigenvalue weighted by molar-refractivity contribution is 7.16. The summed E-state index contributed by atoms with van der Waals surface area (Å²) in [5.41, 5.74) is 7.04. The van der Waals surface area contributed by atoms with Gasteiger partial charge in [-0.05, 0) is 85.9 Å². The van der Waals surface area contributed by atoms with Gasteiger partial charge in [0.05, 0.1) is 17.6 Å². The molecule has 0 saturated carbocycles. The van der Waals surface area contributed by atoms with Gasteiger partial charge in [-0.1, -0.05) is 6.07 Å². The Bertz CT molecular complexity index is 1410. The van der Waals surface area contributed by atoms with E-state index in [4.69, 9.17) is 4.74 Å². The minimum absolute atomic E-state index is 0.257. The highest BCUT2D eigenvalue weighted by atomic mass is 32.1. The molecule has 7 nitrogen and oxygen atoms in total. The molecule has 1 aliphatic rings. The number of rotatable bonds is 6. The zero-order valence-corrected chi connectivity index (χ0v) is 21.2. The highest BCUT2D eigenvalue weighted by Crippen LogP contribution is 2.33. The zero-order chi connectivity index (χ0) is 24.6. The summed E-state index contributed by atoms with van der Waals surface area (Å²) in [5, 5.41) is 2.32. The van der Waals surface area contributed by atoms with Gasteiger partial charge in [-0.2, -0.15) is 0 Å². The molecule has 3 heterocycles. The normalized spacial score (nSPS) is 14.7. The fourth-order valence-electron chi connectivity index (χ4n) is 4.66. The maximum atomic E-state index is 13.0. The Labute approximate surface area is 202 Å². The Morgan fingerprint density at radius 3 is 2.62 bits per heavy atom. The first-order valence-corrected chi connectivity index (χ1v) is 12.5. The van der Waals surface area contributed by atoms with Crippen LogP contribution in [0.5, 0.6) is 0 Å². The highest BCUT2D eigenvalue weighted by Gasteiger charge is 2.27. The number of aryl methyl sites for hydroxylation is 1. The van der Waals surface area contributed by atoms with Crippen molar-refractivity contribution in [1.29, 1.82) is 0 Å². The number of benzene rings is 1. The van der Waals surface area contributed by atoms with Crippen molar-refractivity contribution in [2.45, 2.75) is 47.6 Å². The van der Waals surface area contributed by atoms with E-state index in [9.17, 15) is 14.4 Å². The van der Waals surface area contributed by atoms with Gasteiger partial charge in [-0.15, -0.1) is 11.3 Å². The molecule has 4 rings (SSSR count). The van der Waals surface area contributed by atoms with Gasteiger partial charge in [-0.25, -0.2) is 9.59 Å². The number of fused-ring (bicyclic) bond motifs is 1. The molecule has 1 aliphatic heterocycles. The molecule has 0 atom stereocenters. The Morgan fingerprint density at radius 1 is 1.12 bits per heavy atom. The molecule has 3 aromatic rings. The van der Waals surface area contributed by atoms with E-state index in [1.807, 2.05) is 6.92 Å². The molecule has 0 unspecified atom stereocenters. The maximum absolute atomic E-state index is 13.0. The monoisotopic (exact) mass is 481 g/mol. The summed E-state index contributed by atoms with van der Waals surface area (Å²) < 4.78 is 6.66. The van der Waals surface area contributed by atoms with E-state index in [1.165, 1.54) is 38.2 Å². The van der Waals surface area contributed by atoms with Crippen molar-refractivity contribution in [2.75, 3.05) is 26.2 Å². The van der Waals surface area contributed by atoms with Gasteiger partial charge in [-0.3, -0.25) is 19.2 Å². The van der Waals surface area contributed by atoms with Crippen molar-refractivity contribution in [3.63, 3.8) is 0 Å². The summed E-state index contributed by atoms with van der Waals surface area (Å²) in [4.78, 5) is 43.7. The SMILES string of the molecule is CCOC(=O)C1=C(c2cc(C)c(C)c(C)c2C)CCN(CCn2c(=O)[nH]c3sccc3c2=O)C1. The van der Waals surface area contributed by atoms with Crippen molar-refractivity contribution in [1.82, 2.24) is 14.5 Å². The summed E-state index contributed by atoms with van der Waals surface area (Å²) in [7, 11) is 0. The molecule has 2 aromatic heterocycles. The number of aromatic amines is 1. The van der Waals surface area contributed by atoms with E-state index < -0.39 is 5.69 Å². The van der Waals surface area contributed by atoms with Crippen LogP contribution in [0.15, 0.2) is 32.7 Å². The zero-order valence-electron chi connectivity index (χ0n) is 20.4. The minimum atomic E-state index is -0.403. The Morgan fingerprint density at radius 2 is 1.88 bits per heavy atom. The summed E-state index contributed by atoms with van der Waals surface area (Å²) in [6, 6.07) is 3.91. The number of hydrogen-bond donors (Lipinski definition) is 1. The molecule has 180 valence electrons. The van der Waals surface area contributed by atoms with Crippen LogP contribution in [0.25, 0.3) is 15.8 Å². The van der Waals surface area contributed by atoms with Crippen LogP contribution in [-0.2, 0) is 16.1 Å². The summed E-state index contributed by atoms with van der Waals surface area (Å²) >= 11 is 1.34. The average molecular weight is 482 g/mol. The van der Waals surface area contributed by atoms with E-state index in [-0.39, 0.29) is 18.1 Å². The Kier molecular flexibility index (Phi) is 6.91. The smallest absolute Gasteiger partial charge is 0.335 e. The number of H-pyrrole nitrogens is 1. The van der Waals surface area contributed by atoms with Crippen LogP contribution in [0.4, 0.5) is 0 Å². The van der Waals surface area contributed by atoms with Crippen molar-refractivity contribution in [2.24, 2.45) is 0 Å². The third-order valence-corrected chi connectivity index (χ3v) is 7.83. The molecule has 0 saturated heterocycles. The topological polar surface area (TPSA) is 84.4 Å². The molecule has 1 N–H and O–H groups in total. The van der Waals surface area contributed by atoms with E-state index in [0.29, 0.717) is 41.9 Å². The number of esters is 1. The Balaban J connectivity index is 1.64. The lowest BCUT2D eigenvalue weighted by molar-refractivity contribution is -0.138. The van der Waals surface area contributed by atoms with Crippen LogP contribution >= 0.6 is 11.3 Å². The van der Waals surface area contributed by atoms with Crippen LogP contribution in [0.3, 0.4) is 0 Å². The molecule has 8 heteroatoms. The van der Waals surface area contributed by atoms with Crippen LogP contribution in [0, 0.1) is 27.7 Å². The molecule has 0 fully saturated rings. The molecule has 0 spiro atoms. The second-order valence-corrected chi connectivity index (χ2v) is 9.79. The molecule has 0 radical (unpaired) electrons. The maximum Gasteiger partial charge on any atom is 0.335 e. The fraction of sp³-hybridized carbons (Fsp3) is 0.423. The number of hydrogen-bond acceptors (Lipinski definition) is 6. The first-order valence-electron chi connectivity index (χ1n) is 11.6. The van der Waals surface area contributed by atoms with Crippen LogP contribution in [0.1, 0.15) is 41.2 Å². The number of nitrogens with one attached hydrogen (secondary N) is 1. The van der Waals surface area contributed by atoms with Gasteiger partial charge in [0.1, 0.15) is 4.83 Å². The number of ether oxygens (including phenoxy) is 1. The third-order valence-electron chi connectivity index (χ3n) is 7.00. The fourth-order valence-corrected chi connectivity index (χ4v) is 5.43. The van der Waals surface area contributed by atoms with Crippen molar-refractivity contribution < 1.29 is 9.53 Å². The second kappa shape index (κ2) is 9.72. The lowest BCUT2D eigenvalue weighted by Gasteiger charge is -2.31. The summed E-state index contributed by atoms with van der Waals surface area (Å²) in [5.74, 6) is -0.299. The van der Waals surface area contributed by atoms with Gasteiger partial charge >= 0.3 is 11.7 Å². The van der Waals surface area contributed by atoms with E-state index >= 15 is 0 Å². The quantitative estimate of drug-likeness (QED) is 0.543. The van der Waals surface area contributed by atoms with Gasteiger partial charge in [0.15, 0.2) is 0 Å². The van der Waals surface area contributed by atoms with Crippen LogP contribution in [-0.4, -0.2) is 46.7 Å². The molecule has 34 heavy (non-hydrogen) atoms. The standard InChI is InChI=1S/C26H31N3O4S/c1-6-33-25(31)22-14-28(9-7-19(22)21-13-15(2)16(3)17(4)18(21)5)10-11-29-24(30)20-8-12-34-23(20)27-26(29)32/h8,12-13H,6-7,9-11,14H2,1-5H3,(H,27,32). The first-order chi connectivity index (χ1) is 16.2. The molecular formula is C26H31N3O4S. The summed E-state index contributed by atoms with van der Waals surface area (Å²) in [6.07, 6.45) is 0.700. The predicted octanol–water partition coefficient (Wildman–Crippen LogP) is 3.71. The Hall–Kier alpha value is -2.97. The second-order valence-electron chi connectivity index (χ2n) is 8.87. The van der Waals surface area contributed by atoms with E-state index in [0.717, 1.165) is 17.7 Å². The molecular weight excluding hydrogens is 450 g/mol. The van der Waals surface area contributed by atoms with E-state index in [2.05, 4.69) is 43.6 Å². The van der Waals surface area contributed by atoms with Crippen LogP contribution < -0.4 is 11.2 Å². The lowest BCUT2D eigenvalue weighted by atomic mass is 9.86. The number of carbonyl (C=O) groups is 1. The number of thiophene rings is 1. The van der Waals surface area contributed by atoms with Gasteiger partial charge in [0, 0.05) is 26.2 Å². The third kappa shape index (κ3) is 4.40. The van der Waals surface area contributed by atoms with Crippen LogP contribution in [0.2, 0.25) is 0 Å². The number of aromatic nitrogens is 2. The average Bonchev–Trinajstić information content (AvgIpc) is 3.28. The predicted molar refractivity (Wildman–Crippen MR) is 137 cm³/mol. The molecule has 0 amide bonds. The van der Waals surface area contributed by atoms with Crippen molar-refractivity contribution >= 4 is 33.1 Å². The summed E-state index contributed by atoms with van der Waals surface area (Å²) in [6.45, 7) is 12.5.